The summed E-state index contributed by atoms with van der Waals surface area (Å²) in [7, 11) is 6.43. The van der Waals surface area contributed by atoms with Crippen LogP contribution in [-0.2, 0) is 6.54 Å². The van der Waals surface area contributed by atoms with Crippen LogP contribution in [0.4, 0.5) is 0 Å². The molecule has 0 unspecified atom stereocenters. The fourth-order valence-corrected chi connectivity index (χ4v) is 4.84. The third-order valence-corrected chi connectivity index (χ3v) is 7.05. The van der Waals surface area contributed by atoms with Gasteiger partial charge in [-0.2, -0.15) is 9.78 Å². The molecule has 0 amide bonds. The SMILES string of the molecule is C[N+](C)(C)Cc1cc(-c2nn(-c3ccc(C(=O)c4ccc(O)cc4)cc3)c(=O)c3ccccc23)ccc1Br. The van der Waals surface area contributed by atoms with Crippen molar-refractivity contribution >= 4 is 32.5 Å². The maximum Gasteiger partial charge on any atom is 0.279 e. The lowest BCUT2D eigenvalue weighted by molar-refractivity contribution is -0.884. The quantitative estimate of drug-likeness (QED) is 0.203. The second-order valence-electron chi connectivity index (χ2n) is 10.3. The van der Waals surface area contributed by atoms with Crippen molar-refractivity contribution in [2.45, 2.75) is 6.54 Å². The molecule has 4 aromatic carbocycles. The van der Waals surface area contributed by atoms with E-state index >= 15 is 0 Å². The van der Waals surface area contributed by atoms with Crippen LogP contribution in [0, 0.1) is 0 Å². The Hall–Kier alpha value is -4.07. The van der Waals surface area contributed by atoms with Gasteiger partial charge in [0.25, 0.3) is 5.56 Å². The highest BCUT2D eigenvalue weighted by Crippen LogP contribution is 2.30. The highest BCUT2D eigenvalue weighted by Gasteiger charge is 2.17. The number of rotatable bonds is 6. The van der Waals surface area contributed by atoms with Crippen molar-refractivity contribution in [1.82, 2.24) is 9.78 Å². The Morgan fingerprint density at radius 2 is 1.47 bits per heavy atom. The van der Waals surface area contributed by atoms with Crippen LogP contribution < -0.4 is 5.56 Å². The molecule has 38 heavy (non-hydrogen) atoms. The minimum atomic E-state index is -0.231. The number of phenols is 1. The van der Waals surface area contributed by atoms with Crippen LogP contribution in [0.3, 0.4) is 0 Å². The molecule has 0 radical (unpaired) electrons. The summed E-state index contributed by atoms with van der Waals surface area (Å²) in [5.74, 6) is -0.0690. The number of aromatic nitrogens is 2. The lowest BCUT2D eigenvalue weighted by Gasteiger charge is -2.24. The molecule has 0 saturated heterocycles. The topological polar surface area (TPSA) is 72.2 Å². The molecule has 1 N–H and O–H groups in total. The third kappa shape index (κ3) is 5.16. The van der Waals surface area contributed by atoms with Crippen molar-refractivity contribution in [3.63, 3.8) is 0 Å². The molecule has 0 aliphatic carbocycles. The Kier molecular flexibility index (Phi) is 6.73. The fourth-order valence-electron chi connectivity index (χ4n) is 4.47. The van der Waals surface area contributed by atoms with E-state index in [1.54, 1.807) is 36.4 Å². The first-order chi connectivity index (χ1) is 18.1. The smallest absolute Gasteiger partial charge is 0.279 e. The molecule has 0 bridgehead atoms. The fraction of sp³-hybridized carbons (Fsp3) is 0.129. The Morgan fingerprint density at radius 3 is 2.11 bits per heavy atom. The highest BCUT2D eigenvalue weighted by atomic mass is 79.9. The number of carbonyl (C=O) groups excluding carboxylic acids is 1. The Morgan fingerprint density at radius 1 is 0.868 bits per heavy atom. The van der Waals surface area contributed by atoms with Gasteiger partial charge >= 0.3 is 0 Å². The van der Waals surface area contributed by atoms with Gasteiger partial charge in [0.05, 0.1) is 37.9 Å². The Labute approximate surface area is 229 Å². The van der Waals surface area contributed by atoms with Crippen LogP contribution in [0.25, 0.3) is 27.7 Å². The average Bonchev–Trinajstić information content (AvgIpc) is 2.90. The van der Waals surface area contributed by atoms with Gasteiger partial charge in [-0.1, -0.05) is 40.2 Å². The van der Waals surface area contributed by atoms with E-state index in [4.69, 9.17) is 5.10 Å². The van der Waals surface area contributed by atoms with Gasteiger partial charge in [0.1, 0.15) is 12.3 Å². The van der Waals surface area contributed by atoms with Crippen LogP contribution >= 0.6 is 15.9 Å². The van der Waals surface area contributed by atoms with Crippen LogP contribution in [0.15, 0.2) is 100 Å². The molecule has 1 aromatic heterocycles. The minimum absolute atomic E-state index is 0.102. The number of quaternary nitrogens is 1. The van der Waals surface area contributed by atoms with Gasteiger partial charge in [0, 0.05) is 32.1 Å². The molecule has 0 spiro atoms. The zero-order valence-corrected chi connectivity index (χ0v) is 22.9. The first-order valence-electron chi connectivity index (χ1n) is 12.2. The predicted molar refractivity (Wildman–Crippen MR) is 154 cm³/mol. The van der Waals surface area contributed by atoms with Crippen molar-refractivity contribution in [2.24, 2.45) is 0 Å². The zero-order chi connectivity index (χ0) is 27.0. The van der Waals surface area contributed by atoms with Crippen LogP contribution in [0.5, 0.6) is 5.75 Å². The standard InChI is InChI=1S/C31H26BrN3O3/c1-35(2,3)19-23-18-22(12-17-28(23)32)29-26-6-4-5-7-27(26)31(38)34(33-29)24-13-8-20(9-14-24)30(37)21-10-15-25(36)16-11-21/h4-18H,19H2,1-3H3/p+1. The van der Waals surface area contributed by atoms with Crippen LogP contribution in [-0.4, -0.2) is 46.3 Å². The summed E-state index contributed by atoms with van der Waals surface area (Å²) in [6.07, 6.45) is 0. The molecule has 190 valence electrons. The molecule has 0 aliphatic heterocycles. The summed E-state index contributed by atoms with van der Waals surface area (Å²) in [5, 5.41) is 15.7. The molecule has 7 heteroatoms. The first kappa shape index (κ1) is 25.6. The number of ketones is 1. The lowest BCUT2D eigenvalue weighted by Crippen LogP contribution is -2.33. The number of aromatic hydroxyl groups is 1. The lowest BCUT2D eigenvalue weighted by atomic mass is 10.0. The largest absolute Gasteiger partial charge is 0.508 e. The number of hydrogen-bond acceptors (Lipinski definition) is 4. The number of carbonyl (C=O) groups is 1. The molecule has 0 atom stereocenters. The number of hydrogen-bond donors (Lipinski definition) is 1. The summed E-state index contributed by atoms with van der Waals surface area (Å²) < 4.78 is 3.19. The molecule has 1 heterocycles. The van der Waals surface area contributed by atoms with E-state index < -0.39 is 0 Å². The number of benzene rings is 4. The second-order valence-corrected chi connectivity index (χ2v) is 11.1. The van der Waals surface area contributed by atoms with E-state index in [1.165, 1.54) is 16.8 Å². The summed E-state index contributed by atoms with van der Waals surface area (Å²) in [6.45, 7) is 0.822. The molecule has 0 saturated carbocycles. The third-order valence-electron chi connectivity index (χ3n) is 6.27. The monoisotopic (exact) mass is 568 g/mol. The summed E-state index contributed by atoms with van der Waals surface area (Å²) >= 11 is 3.68. The average molecular weight is 569 g/mol. The number of phenolic OH excluding ortho intramolecular Hbond substituents is 1. The first-order valence-corrected chi connectivity index (χ1v) is 13.0. The van der Waals surface area contributed by atoms with Gasteiger partial charge in [-0.15, -0.1) is 0 Å². The van der Waals surface area contributed by atoms with Crippen molar-refractivity contribution in [1.29, 1.82) is 0 Å². The summed E-state index contributed by atoms with van der Waals surface area (Å²) in [6, 6.07) is 26.6. The number of halogens is 1. The van der Waals surface area contributed by atoms with E-state index in [0.717, 1.165) is 32.0 Å². The predicted octanol–water partition coefficient (Wildman–Crippen LogP) is 5.96. The van der Waals surface area contributed by atoms with E-state index in [1.807, 2.05) is 36.4 Å². The molecule has 6 nitrogen and oxygen atoms in total. The van der Waals surface area contributed by atoms with E-state index in [0.29, 0.717) is 27.9 Å². The zero-order valence-electron chi connectivity index (χ0n) is 21.4. The van der Waals surface area contributed by atoms with Gasteiger partial charge in [0.2, 0.25) is 0 Å². The van der Waals surface area contributed by atoms with Crippen molar-refractivity contribution in [3.8, 4) is 22.7 Å². The summed E-state index contributed by atoms with van der Waals surface area (Å²) in [5.41, 5.74) is 4.06. The van der Waals surface area contributed by atoms with Gasteiger partial charge in [-0.25, -0.2) is 0 Å². The number of nitrogens with zero attached hydrogens (tertiary/aromatic N) is 3. The van der Waals surface area contributed by atoms with Gasteiger partial charge in [-0.05, 0) is 66.7 Å². The van der Waals surface area contributed by atoms with E-state index in [-0.39, 0.29) is 17.1 Å². The normalized spacial score (nSPS) is 11.6. The summed E-state index contributed by atoms with van der Waals surface area (Å²) in [4.78, 5) is 26.4. The Bertz CT molecular complexity index is 1720. The van der Waals surface area contributed by atoms with E-state index in [2.05, 4.69) is 43.1 Å². The highest BCUT2D eigenvalue weighted by molar-refractivity contribution is 9.10. The number of fused-ring (bicyclic) bond motifs is 1. The van der Waals surface area contributed by atoms with Gasteiger partial charge in [-0.3, -0.25) is 9.59 Å². The maximum atomic E-state index is 13.5. The van der Waals surface area contributed by atoms with Crippen molar-refractivity contribution in [2.75, 3.05) is 21.1 Å². The molecule has 0 aliphatic rings. The molecule has 5 rings (SSSR count). The van der Waals surface area contributed by atoms with Gasteiger partial charge in [0.15, 0.2) is 5.78 Å². The van der Waals surface area contributed by atoms with E-state index in [9.17, 15) is 14.7 Å². The molecular formula is C31H27BrN3O3+. The van der Waals surface area contributed by atoms with Crippen LogP contribution in [0.1, 0.15) is 21.5 Å². The minimum Gasteiger partial charge on any atom is -0.508 e. The Balaban J connectivity index is 1.61. The molecular weight excluding hydrogens is 542 g/mol. The molecule has 5 aromatic rings. The second kappa shape index (κ2) is 10.0. The van der Waals surface area contributed by atoms with Crippen LogP contribution in [0.2, 0.25) is 0 Å². The van der Waals surface area contributed by atoms with Gasteiger partial charge < -0.3 is 9.59 Å². The maximum absolute atomic E-state index is 13.5. The van der Waals surface area contributed by atoms with Crippen molar-refractivity contribution in [3.05, 3.63) is 123 Å². The van der Waals surface area contributed by atoms with Crippen molar-refractivity contribution < 1.29 is 14.4 Å². The molecule has 0 fully saturated rings.